The minimum atomic E-state index is -0.357. The van der Waals surface area contributed by atoms with Crippen LogP contribution >= 0.6 is 0 Å². The van der Waals surface area contributed by atoms with Crippen molar-refractivity contribution in [1.82, 2.24) is 5.43 Å². The summed E-state index contributed by atoms with van der Waals surface area (Å²) >= 11 is 0. The number of benzene rings is 3. The van der Waals surface area contributed by atoms with Gasteiger partial charge in [0.25, 0.3) is 5.91 Å². The molecular formula is C25H26N4O5. The Labute approximate surface area is 198 Å². The van der Waals surface area contributed by atoms with Gasteiger partial charge in [-0.05, 0) is 65.7 Å². The van der Waals surface area contributed by atoms with Crippen LogP contribution in [0.3, 0.4) is 0 Å². The van der Waals surface area contributed by atoms with Gasteiger partial charge in [-0.15, -0.1) is 0 Å². The van der Waals surface area contributed by atoms with E-state index in [-0.39, 0.29) is 5.91 Å². The maximum absolute atomic E-state index is 12.5. The van der Waals surface area contributed by atoms with Crippen LogP contribution in [0.4, 0.5) is 5.69 Å². The number of nitrogens with one attached hydrogen (secondary N) is 2. The molecule has 0 bridgehead atoms. The summed E-state index contributed by atoms with van der Waals surface area (Å²) in [6.45, 7) is 0. The lowest BCUT2D eigenvalue weighted by molar-refractivity contribution is 0.0955. The van der Waals surface area contributed by atoms with Gasteiger partial charge in [-0.2, -0.15) is 10.2 Å². The van der Waals surface area contributed by atoms with Crippen molar-refractivity contribution in [2.45, 2.75) is 0 Å². The van der Waals surface area contributed by atoms with Crippen LogP contribution in [0.2, 0.25) is 0 Å². The molecule has 9 nitrogen and oxygen atoms in total. The van der Waals surface area contributed by atoms with Gasteiger partial charge in [0.05, 0.1) is 46.6 Å². The number of hydrazone groups is 2. The molecule has 2 N–H and O–H groups in total. The highest BCUT2D eigenvalue weighted by atomic mass is 16.5. The molecule has 0 fully saturated rings. The predicted molar refractivity (Wildman–Crippen MR) is 132 cm³/mol. The van der Waals surface area contributed by atoms with Crippen LogP contribution < -0.4 is 29.8 Å². The zero-order chi connectivity index (χ0) is 24.3. The van der Waals surface area contributed by atoms with Gasteiger partial charge in [-0.25, -0.2) is 5.43 Å². The van der Waals surface area contributed by atoms with Crippen LogP contribution in [0.25, 0.3) is 0 Å². The number of methoxy groups -OCH3 is 4. The number of hydrogen-bond donors (Lipinski definition) is 2. The Bertz CT molecular complexity index is 1190. The van der Waals surface area contributed by atoms with Gasteiger partial charge < -0.3 is 18.9 Å². The quantitative estimate of drug-likeness (QED) is 0.350. The molecular weight excluding hydrogens is 436 g/mol. The van der Waals surface area contributed by atoms with E-state index >= 15 is 0 Å². The van der Waals surface area contributed by atoms with E-state index in [4.69, 9.17) is 18.9 Å². The first-order valence-electron chi connectivity index (χ1n) is 10.2. The average molecular weight is 463 g/mol. The molecule has 0 aliphatic carbocycles. The number of amides is 1. The average Bonchev–Trinajstić information content (AvgIpc) is 2.88. The number of carbonyl (C=O) groups is 1. The summed E-state index contributed by atoms with van der Waals surface area (Å²) in [6, 6.07) is 17.7. The number of hydrogen-bond acceptors (Lipinski definition) is 8. The molecule has 3 rings (SSSR count). The van der Waals surface area contributed by atoms with E-state index in [0.29, 0.717) is 34.2 Å². The largest absolute Gasteiger partial charge is 0.493 e. The SMILES string of the molecule is COc1ccc(/C=N/NC(=O)c2cccc(N/N=C/c3ccc(OC)c(OC)c3)c2)cc1OC. The highest BCUT2D eigenvalue weighted by Gasteiger charge is 2.06. The van der Waals surface area contributed by atoms with Crippen molar-refractivity contribution in [1.29, 1.82) is 0 Å². The molecule has 0 unspecified atom stereocenters. The molecule has 0 heterocycles. The fourth-order valence-electron chi connectivity index (χ4n) is 3.01. The number of ether oxygens (including phenoxy) is 4. The second-order valence-corrected chi connectivity index (χ2v) is 6.88. The van der Waals surface area contributed by atoms with Gasteiger partial charge >= 0.3 is 0 Å². The first-order valence-corrected chi connectivity index (χ1v) is 10.2. The monoisotopic (exact) mass is 462 g/mol. The van der Waals surface area contributed by atoms with Crippen molar-refractivity contribution in [3.05, 3.63) is 77.4 Å². The van der Waals surface area contributed by atoms with Crippen molar-refractivity contribution < 1.29 is 23.7 Å². The fraction of sp³-hybridized carbons (Fsp3) is 0.160. The highest BCUT2D eigenvalue weighted by Crippen LogP contribution is 2.27. The third-order valence-electron chi connectivity index (χ3n) is 4.73. The maximum Gasteiger partial charge on any atom is 0.271 e. The Morgan fingerprint density at radius 1 is 0.706 bits per heavy atom. The standard InChI is InChI=1S/C25H26N4O5/c1-31-21-10-8-17(12-23(21)33-3)15-26-28-20-7-5-6-19(14-20)25(30)29-27-16-18-9-11-22(32-2)24(13-18)34-4/h5-16,28H,1-4H3,(H,29,30)/b26-15+,27-16+. The van der Waals surface area contributed by atoms with Crippen molar-refractivity contribution in [2.24, 2.45) is 10.2 Å². The van der Waals surface area contributed by atoms with E-state index in [0.717, 1.165) is 11.1 Å². The molecule has 3 aromatic rings. The molecule has 0 saturated carbocycles. The lowest BCUT2D eigenvalue weighted by Crippen LogP contribution is -2.17. The fourth-order valence-corrected chi connectivity index (χ4v) is 3.01. The van der Waals surface area contributed by atoms with E-state index in [1.54, 1.807) is 83.2 Å². The van der Waals surface area contributed by atoms with Crippen LogP contribution in [-0.4, -0.2) is 46.8 Å². The second kappa shape index (κ2) is 11.9. The summed E-state index contributed by atoms with van der Waals surface area (Å²) in [5, 5.41) is 8.24. The van der Waals surface area contributed by atoms with Crippen LogP contribution in [0.5, 0.6) is 23.0 Å². The van der Waals surface area contributed by atoms with Gasteiger partial charge in [0.1, 0.15) is 0 Å². The van der Waals surface area contributed by atoms with Gasteiger partial charge in [0, 0.05) is 5.56 Å². The third kappa shape index (κ3) is 6.26. The summed E-state index contributed by atoms with van der Waals surface area (Å²) < 4.78 is 21.0. The minimum absolute atomic E-state index is 0.357. The molecule has 0 atom stereocenters. The van der Waals surface area contributed by atoms with Gasteiger partial charge in [0.2, 0.25) is 0 Å². The van der Waals surface area contributed by atoms with Crippen molar-refractivity contribution in [3.8, 4) is 23.0 Å². The van der Waals surface area contributed by atoms with E-state index in [1.807, 2.05) is 12.1 Å². The van der Waals surface area contributed by atoms with Crippen molar-refractivity contribution in [3.63, 3.8) is 0 Å². The Morgan fingerprint density at radius 2 is 1.26 bits per heavy atom. The summed E-state index contributed by atoms with van der Waals surface area (Å²) in [5.74, 6) is 2.08. The van der Waals surface area contributed by atoms with E-state index in [1.165, 1.54) is 6.21 Å². The zero-order valence-electron chi connectivity index (χ0n) is 19.4. The normalized spacial score (nSPS) is 10.8. The number of nitrogens with zero attached hydrogens (tertiary/aromatic N) is 2. The highest BCUT2D eigenvalue weighted by molar-refractivity contribution is 5.95. The van der Waals surface area contributed by atoms with E-state index < -0.39 is 0 Å². The summed E-state index contributed by atoms with van der Waals surface area (Å²) in [6.07, 6.45) is 3.16. The van der Waals surface area contributed by atoms with Crippen LogP contribution in [-0.2, 0) is 0 Å². The predicted octanol–water partition coefficient (Wildman–Crippen LogP) is 3.93. The molecule has 0 saturated heterocycles. The minimum Gasteiger partial charge on any atom is -0.493 e. The van der Waals surface area contributed by atoms with Crippen LogP contribution in [0.15, 0.2) is 70.9 Å². The number of carbonyl (C=O) groups excluding carboxylic acids is 1. The molecule has 0 aromatic heterocycles. The van der Waals surface area contributed by atoms with Gasteiger partial charge in [-0.1, -0.05) is 6.07 Å². The molecule has 1 amide bonds. The van der Waals surface area contributed by atoms with Crippen molar-refractivity contribution in [2.75, 3.05) is 33.9 Å². The Kier molecular flexibility index (Phi) is 8.45. The molecule has 0 aliphatic heterocycles. The molecule has 176 valence electrons. The molecule has 9 heteroatoms. The topological polar surface area (TPSA) is 103 Å². The lowest BCUT2D eigenvalue weighted by atomic mass is 10.2. The lowest BCUT2D eigenvalue weighted by Gasteiger charge is -2.08. The van der Waals surface area contributed by atoms with Gasteiger partial charge in [-0.3, -0.25) is 10.2 Å². The van der Waals surface area contributed by atoms with Gasteiger partial charge in [0.15, 0.2) is 23.0 Å². The van der Waals surface area contributed by atoms with Crippen LogP contribution in [0, 0.1) is 0 Å². The Balaban J connectivity index is 1.61. The Morgan fingerprint density at radius 3 is 1.82 bits per heavy atom. The van der Waals surface area contributed by atoms with E-state index in [2.05, 4.69) is 21.1 Å². The summed E-state index contributed by atoms with van der Waals surface area (Å²) in [5.41, 5.74) is 8.07. The number of anilines is 1. The molecule has 34 heavy (non-hydrogen) atoms. The third-order valence-corrected chi connectivity index (χ3v) is 4.73. The molecule has 0 radical (unpaired) electrons. The van der Waals surface area contributed by atoms with Crippen LogP contribution in [0.1, 0.15) is 21.5 Å². The molecule has 3 aromatic carbocycles. The molecule has 0 aliphatic rings. The van der Waals surface area contributed by atoms with E-state index in [9.17, 15) is 4.79 Å². The first kappa shape index (κ1) is 24.1. The summed E-state index contributed by atoms with van der Waals surface area (Å²) in [4.78, 5) is 12.5. The Hall–Kier alpha value is -4.53. The number of rotatable bonds is 10. The smallest absolute Gasteiger partial charge is 0.271 e. The molecule has 0 spiro atoms. The maximum atomic E-state index is 12.5. The summed E-state index contributed by atoms with van der Waals surface area (Å²) in [7, 11) is 6.28. The first-order chi connectivity index (χ1) is 16.6. The van der Waals surface area contributed by atoms with Crippen molar-refractivity contribution >= 4 is 24.0 Å². The second-order valence-electron chi connectivity index (χ2n) is 6.88. The zero-order valence-corrected chi connectivity index (χ0v) is 19.4.